The van der Waals surface area contributed by atoms with E-state index >= 15 is 0 Å². The standard InChI is InChI=1S/C20H25ClFN3O2/c1-12(10-23)25-9-8-15-16(20(25)27)6-7-17(21)18(15)19(26)24-11-13-2-4-14(22)5-3-13/h6-9,12-14H,2-5,10-11,23H2,1H3,(H,24,26)/t12-,13?,14?/m1/s1. The quantitative estimate of drug-likeness (QED) is 0.816. The maximum Gasteiger partial charge on any atom is 0.258 e. The van der Waals surface area contributed by atoms with Gasteiger partial charge in [-0.25, -0.2) is 4.39 Å². The Morgan fingerprint density at radius 1 is 1.30 bits per heavy atom. The summed E-state index contributed by atoms with van der Waals surface area (Å²) in [7, 11) is 0. The van der Waals surface area contributed by atoms with Crippen molar-refractivity contribution < 1.29 is 9.18 Å². The summed E-state index contributed by atoms with van der Waals surface area (Å²) in [6, 6.07) is 4.81. The average Bonchev–Trinajstić information content (AvgIpc) is 2.67. The Labute approximate surface area is 162 Å². The first-order valence-corrected chi connectivity index (χ1v) is 9.75. The molecule has 2 aromatic rings. The van der Waals surface area contributed by atoms with E-state index in [-0.39, 0.29) is 23.4 Å². The zero-order valence-corrected chi connectivity index (χ0v) is 16.1. The molecule has 3 N–H and O–H groups in total. The van der Waals surface area contributed by atoms with Crippen molar-refractivity contribution in [3.63, 3.8) is 0 Å². The largest absolute Gasteiger partial charge is 0.352 e. The van der Waals surface area contributed by atoms with Gasteiger partial charge in [0.25, 0.3) is 11.5 Å². The molecule has 0 radical (unpaired) electrons. The molecule has 0 saturated heterocycles. The number of benzene rings is 1. The van der Waals surface area contributed by atoms with Gasteiger partial charge in [0.1, 0.15) is 6.17 Å². The zero-order valence-electron chi connectivity index (χ0n) is 15.4. The van der Waals surface area contributed by atoms with E-state index < -0.39 is 6.17 Å². The van der Waals surface area contributed by atoms with Crippen molar-refractivity contribution in [3.05, 3.63) is 45.3 Å². The number of pyridine rings is 1. The Morgan fingerprint density at radius 2 is 2.00 bits per heavy atom. The van der Waals surface area contributed by atoms with Crippen LogP contribution in [0.1, 0.15) is 49.0 Å². The van der Waals surface area contributed by atoms with Crippen LogP contribution in [0.3, 0.4) is 0 Å². The number of nitrogens with two attached hydrogens (primary N) is 1. The van der Waals surface area contributed by atoms with Crippen LogP contribution in [-0.2, 0) is 0 Å². The summed E-state index contributed by atoms with van der Waals surface area (Å²) in [5.74, 6) is -0.0330. The molecule has 27 heavy (non-hydrogen) atoms. The van der Waals surface area contributed by atoms with Crippen LogP contribution in [0.4, 0.5) is 4.39 Å². The van der Waals surface area contributed by atoms with E-state index in [0.29, 0.717) is 47.3 Å². The number of aromatic nitrogens is 1. The molecule has 0 spiro atoms. The first-order valence-electron chi connectivity index (χ1n) is 9.38. The number of carbonyl (C=O) groups is 1. The molecule has 1 amide bonds. The number of amides is 1. The van der Waals surface area contributed by atoms with Crippen LogP contribution >= 0.6 is 11.6 Å². The van der Waals surface area contributed by atoms with Crippen molar-refractivity contribution in [1.82, 2.24) is 9.88 Å². The van der Waals surface area contributed by atoms with Gasteiger partial charge in [-0.05, 0) is 56.7 Å². The second-order valence-corrected chi connectivity index (χ2v) is 7.73. The molecule has 5 nitrogen and oxygen atoms in total. The molecule has 1 aliphatic rings. The van der Waals surface area contributed by atoms with Gasteiger partial charge in [-0.15, -0.1) is 0 Å². The third-order valence-electron chi connectivity index (χ3n) is 5.43. The van der Waals surface area contributed by atoms with Crippen LogP contribution in [0.5, 0.6) is 0 Å². The first kappa shape index (κ1) is 19.8. The molecule has 1 aromatic heterocycles. The number of halogens is 2. The molecular formula is C20H25ClFN3O2. The van der Waals surface area contributed by atoms with Gasteiger partial charge in [0.2, 0.25) is 0 Å². The number of nitrogens with one attached hydrogen (secondary N) is 1. The highest BCUT2D eigenvalue weighted by Crippen LogP contribution is 2.27. The summed E-state index contributed by atoms with van der Waals surface area (Å²) in [6.45, 7) is 2.69. The number of hydrogen-bond acceptors (Lipinski definition) is 3. The SMILES string of the molecule is C[C@H](CN)n1ccc2c(C(=O)NCC3CCC(F)CC3)c(Cl)ccc2c1=O. The molecule has 1 aromatic carbocycles. The molecule has 1 fully saturated rings. The third kappa shape index (κ3) is 4.17. The fourth-order valence-corrected chi connectivity index (χ4v) is 3.91. The maximum absolute atomic E-state index is 13.3. The molecule has 0 bridgehead atoms. The number of alkyl halides is 1. The van der Waals surface area contributed by atoms with Gasteiger partial charge in [-0.1, -0.05) is 11.6 Å². The summed E-state index contributed by atoms with van der Waals surface area (Å²) in [5.41, 5.74) is 5.78. The van der Waals surface area contributed by atoms with Crippen LogP contribution in [0.25, 0.3) is 10.8 Å². The van der Waals surface area contributed by atoms with Gasteiger partial charge in [0.15, 0.2) is 0 Å². The number of nitrogens with zero attached hydrogens (tertiary/aromatic N) is 1. The Hall–Kier alpha value is -1.92. The summed E-state index contributed by atoms with van der Waals surface area (Å²) >= 11 is 6.28. The van der Waals surface area contributed by atoms with Crippen molar-refractivity contribution in [1.29, 1.82) is 0 Å². The number of hydrogen-bond donors (Lipinski definition) is 2. The Morgan fingerprint density at radius 3 is 2.67 bits per heavy atom. The molecule has 1 heterocycles. The fourth-order valence-electron chi connectivity index (χ4n) is 3.66. The van der Waals surface area contributed by atoms with E-state index in [2.05, 4.69) is 5.32 Å². The van der Waals surface area contributed by atoms with Gasteiger partial charge in [-0.3, -0.25) is 9.59 Å². The lowest BCUT2D eigenvalue weighted by Crippen LogP contribution is -2.32. The van der Waals surface area contributed by atoms with E-state index in [0.717, 1.165) is 12.8 Å². The van der Waals surface area contributed by atoms with E-state index in [4.69, 9.17) is 17.3 Å². The van der Waals surface area contributed by atoms with Crippen LogP contribution in [-0.4, -0.2) is 29.7 Å². The predicted molar refractivity (Wildman–Crippen MR) is 106 cm³/mol. The minimum Gasteiger partial charge on any atom is -0.352 e. The lowest BCUT2D eigenvalue weighted by Gasteiger charge is -2.24. The van der Waals surface area contributed by atoms with Gasteiger partial charge in [0, 0.05) is 36.1 Å². The van der Waals surface area contributed by atoms with Crippen molar-refractivity contribution in [3.8, 4) is 0 Å². The molecule has 7 heteroatoms. The highest BCUT2D eigenvalue weighted by molar-refractivity contribution is 6.35. The molecule has 1 saturated carbocycles. The lowest BCUT2D eigenvalue weighted by atomic mass is 9.88. The highest BCUT2D eigenvalue weighted by atomic mass is 35.5. The van der Waals surface area contributed by atoms with E-state index in [1.54, 1.807) is 29.0 Å². The minimum atomic E-state index is -0.720. The Balaban J connectivity index is 1.87. The Kier molecular flexibility index (Phi) is 6.17. The number of fused-ring (bicyclic) bond motifs is 1. The second-order valence-electron chi connectivity index (χ2n) is 7.32. The second kappa shape index (κ2) is 8.40. The third-order valence-corrected chi connectivity index (χ3v) is 5.75. The van der Waals surface area contributed by atoms with Crippen molar-refractivity contribution in [2.24, 2.45) is 11.7 Å². The predicted octanol–water partition coefficient (Wildman–Crippen LogP) is 3.43. The van der Waals surface area contributed by atoms with Crippen molar-refractivity contribution in [2.45, 2.75) is 44.8 Å². The molecule has 3 rings (SSSR count). The molecule has 146 valence electrons. The van der Waals surface area contributed by atoms with Gasteiger partial charge < -0.3 is 15.6 Å². The van der Waals surface area contributed by atoms with Crippen molar-refractivity contribution >= 4 is 28.3 Å². The summed E-state index contributed by atoms with van der Waals surface area (Å²) in [5, 5.41) is 4.17. The zero-order chi connectivity index (χ0) is 19.6. The van der Waals surface area contributed by atoms with Crippen LogP contribution < -0.4 is 16.6 Å². The molecule has 1 aliphatic carbocycles. The van der Waals surface area contributed by atoms with Crippen molar-refractivity contribution in [2.75, 3.05) is 13.1 Å². The maximum atomic E-state index is 13.3. The van der Waals surface area contributed by atoms with Gasteiger partial charge in [0.05, 0.1) is 10.6 Å². The topological polar surface area (TPSA) is 77.1 Å². The number of rotatable bonds is 5. The monoisotopic (exact) mass is 393 g/mol. The normalized spacial score (nSPS) is 21.2. The molecule has 0 unspecified atom stereocenters. The minimum absolute atomic E-state index is 0.138. The van der Waals surface area contributed by atoms with E-state index in [1.165, 1.54) is 0 Å². The highest BCUT2D eigenvalue weighted by Gasteiger charge is 2.22. The average molecular weight is 394 g/mol. The van der Waals surface area contributed by atoms with Crippen LogP contribution in [0, 0.1) is 5.92 Å². The molecule has 0 aliphatic heterocycles. The molecular weight excluding hydrogens is 369 g/mol. The lowest BCUT2D eigenvalue weighted by molar-refractivity contribution is 0.0941. The smallest absolute Gasteiger partial charge is 0.258 e. The van der Waals surface area contributed by atoms with Gasteiger partial charge >= 0.3 is 0 Å². The Bertz CT molecular complexity index is 891. The fraction of sp³-hybridized carbons (Fsp3) is 0.500. The van der Waals surface area contributed by atoms with E-state index in [9.17, 15) is 14.0 Å². The van der Waals surface area contributed by atoms with Gasteiger partial charge in [-0.2, -0.15) is 0 Å². The van der Waals surface area contributed by atoms with E-state index in [1.807, 2.05) is 6.92 Å². The summed E-state index contributed by atoms with van der Waals surface area (Å²) in [6.07, 6.45) is 3.57. The first-order chi connectivity index (χ1) is 12.9. The summed E-state index contributed by atoms with van der Waals surface area (Å²) < 4.78 is 14.8. The van der Waals surface area contributed by atoms with Crippen LogP contribution in [0.2, 0.25) is 5.02 Å². The number of carbonyl (C=O) groups excluding carboxylic acids is 1. The van der Waals surface area contributed by atoms with Crippen LogP contribution in [0.15, 0.2) is 29.2 Å². The molecule has 1 atom stereocenters. The summed E-state index contributed by atoms with van der Waals surface area (Å²) in [4.78, 5) is 25.5.